The van der Waals surface area contributed by atoms with E-state index < -0.39 is 5.97 Å². The van der Waals surface area contributed by atoms with Crippen molar-refractivity contribution in [3.63, 3.8) is 0 Å². The lowest BCUT2D eigenvalue weighted by Gasteiger charge is -1.99. The molecule has 0 aliphatic rings. The molecule has 0 aliphatic heterocycles. The maximum atomic E-state index is 11.7. The van der Waals surface area contributed by atoms with Crippen molar-refractivity contribution < 1.29 is 9.53 Å². The average molecular weight is 252 g/mol. The Labute approximate surface area is 101 Å². The number of aromatic nitrogens is 2. The van der Waals surface area contributed by atoms with E-state index in [1.807, 2.05) is 6.92 Å². The first-order chi connectivity index (χ1) is 8.15. The fourth-order valence-electron chi connectivity index (χ4n) is 1.45. The molecule has 0 amide bonds. The Bertz CT molecular complexity index is 615. The molecule has 2 aromatic rings. The van der Waals surface area contributed by atoms with Crippen LogP contribution in [-0.4, -0.2) is 22.5 Å². The van der Waals surface area contributed by atoms with Crippen LogP contribution in [0.2, 0.25) is 0 Å². The van der Waals surface area contributed by atoms with Crippen molar-refractivity contribution in [1.29, 1.82) is 0 Å². The molecule has 1 N–H and O–H groups in total. The Balaban J connectivity index is 2.54. The second-order valence-corrected chi connectivity index (χ2v) is 4.54. The minimum atomic E-state index is -0.599. The highest BCUT2D eigenvalue weighted by Crippen LogP contribution is 2.21. The van der Waals surface area contributed by atoms with Crippen LogP contribution in [0, 0.1) is 0 Å². The van der Waals surface area contributed by atoms with Crippen LogP contribution in [-0.2, 0) is 11.2 Å². The Morgan fingerprint density at radius 2 is 2.29 bits per heavy atom. The van der Waals surface area contributed by atoms with E-state index in [0.29, 0.717) is 10.2 Å². The number of fused-ring (bicyclic) bond motifs is 1. The van der Waals surface area contributed by atoms with Crippen molar-refractivity contribution in [2.24, 2.45) is 0 Å². The fraction of sp³-hybridized carbons (Fsp3) is 0.364. The molecule has 0 radical (unpaired) electrons. The monoisotopic (exact) mass is 252 g/mol. The highest BCUT2D eigenvalue weighted by atomic mass is 32.1. The van der Waals surface area contributed by atoms with E-state index in [2.05, 4.69) is 9.97 Å². The number of nitrogens with zero attached hydrogens (tertiary/aromatic N) is 1. The van der Waals surface area contributed by atoms with Crippen molar-refractivity contribution in [3.05, 3.63) is 27.1 Å². The third-order valence-corrected chi connectivity index (χ3v) is 3.44. The number of aryl methyl sites for hydroxylation is 1. The van der Waals surface area contributed by atoms with Crippen molar-refractivity contribution in [2.45, 2.75) is 20.3 Å². The summed E-state index contributed by atoms with van der Waals surface area (Å²) < 4.78 is 4.80. The Kier molecular flexibility index (Phi) is 3.23. The van der Waals surface area contributed by atoms with Crippen molar-refractivity contribution >= 4 is 27.5 Å². The maximum Gasteiger partial charge on any atom is 0.374 e. The number of carbonyl (C=O) groups is 1. The van der Waals surface area contributed by atoms with Crippen molar-refractivity contribution in [1.82, 2.24) is 9.97 Å². The highest BCUT2D eigenvalue weighted by molar-refractivity contribution is 7.18. The lowest BCUT2D eigenvalue weighted by Crippen LogP contribution is -2.16. The van der Waals surface area contributed by atoms with E-state index in [4.69, 9.17) is 4.74 Å². The van der Waals surface area contributed by atoms with Gasteiger partial charge in [0.1, 0.15) is 4.83 Å². The van der Waals surface area contributed by atoms with Crippen LogP contribution < -0.4 is 5.56 Å². The van der Waals surface area contributed by atoms with Crippen molar-refractivity contribution in [3.8, 4) is 0 Å². The summed E-state index contributed by atoms with van der Waals surface area (Å²) in [7, 11) is 0. The standard InChI is InChI=1S/C11H12N2O3S/c1-3-6-5-7-9(14)12-8(11(15)16-4-2)13-10(7)17-6/h5H,3-4H2,1-2H3,(H,12,13,14). The van der Waals surface area contributed by atoms with Crippen LogP contribution in [0.3, 0.4) is 0 Å². The molecule has 0 fully saturated rings. The van der Waals surface area contributed by atoms with Gasteiger partial charge in [-0.25, -0.2) is 9.78 Å². The van der Waals surface area contributed by atoms with Gasteiger partial charge in [0.2, 0.25) is 5.82 Å². The first-order valence-electron chi connectivity index (χ1n) is 5.35. The van der Waals surface area contributed by atoms with Crippen LogP contribution in [0.4, 0.5) is 0 Å². The number of nitrogens with one attached hydrogen (secondary N) is 1. The minimum Gasteiger partial charge on any atom is -0.460 e. The number of ether oxygens (including phenoxy) is 1. The van der Waals surface area contributed by atoms with Crippen LogP contribution in [0.15, 0.2) is 10.9 Å². The van der Waals surface area contributed by atoms with Gasteiger partial charge in [0.25, 0.3) is 5.56 Å². The lowest BCUT2D eigenvalue weighted by molar-refractivity contribution is 0.0512. The first-order valence-corrected chi connectivity index (χ1v) is 6.17. The Morgan fingerprint density at radius 3 is 2.94 bits per heavy atom. The summed E-state index contributed by atoms with van der Waals surface area (Å²) >= 11 is 1.42. The first kappa shape index (κ1) is 11.8. The smallest absolute Gasteiger partial charge is 0.374 e. The summed E-state index contributed by atoms with van der Waals surface area (Å²) in [6.45, 7) is 3.96. The van der Waals surface area contributed by atoms with Gasteiger partial charge < -0.3 is 9.72 Å². The van der Waals surface area contributed by atoms with Gasteiger partial charge in [0.15, 0.2) is 0 Å². The molecule has 0 saturated heterocycles. The van der Waals surface area contributed by atoms with E-state index in [-0.39, 0.29) is 18.0 Å². The van der Waals surface area contributed by atoms with Crippen LogP contribution >= 0.6 is 11.3 Å². The summed E-state index contributed by atoms with van der Waals surface area (Å²) in [5.41, 5.74) is -0.297. The average Bonchev–Trinajstić information content (AvgIpc) is 2.73. The molecule has 17 heavy (non-hydrogen) atoms. The summed E-state index contributed by atoms with van der Waals surface area (Å²) in [5, 5.41) is 0.528. The zero-order valence-corrected chi connectivity index (χ0v) is 10.4. The molecule has 2 aromatic heterocycles. The van der Waals surface area contributed by atoms with E-state index in [1.165, 1.54) is 11.3 Å². The highest BCUT2D eigenvalue weighted by Gasteiger charge is 2.14. The molecule has 6 heteroatoms. The summed E-state index contributed by atoms with van der Waals surface area (Å²) in [6, 6.07) is 1.81. The van der Waals surface area contributed by atoms with Gasteiger partial charge in [-0.1, -0.05) is 6.92 Å². The molecule has 0 unspecified atom stereocenters. The van der Waals surface area contributed by atoms with Gasteiger partial charge in [-0.2, -0.15) is 0 Å². The summed E-state index contributed by atoms with van der Waals surface area (Å²) in [4.78, 5) is 31.4. The topological polar surface area (TPSA) is 72.0 Å². The molecule has 0 atom stereocenters. The third-order valence-electron chi connectivity index (χ3n) is 2.27. The minimum absolute atomic E-state index is 0.0335. The fourth-order valence-corrected chi connectivity index (χ4v) is 2.42. The number of esters is 1. The molecule has 0 bridgehead atoms. The molecular weight excluding hydrogens is 240 g/mol. The SMILES string of the molecule is CCOC(=O)c1nc2sc(CC)cc2c(=O)[nH]1. The largest absolute Gasteiger partial charge is 0.460 e. The summed E-state index contributed by atoms with van der Waals surface area (Å²) in [6.07, 6.45) is 0.842. The predicted molar refractivity (Wildman–Crippen MR) is 65.6 cm³/mol. The molecule has 5 nitrogen and oxygen atoms in total. The number of hydrogen-bond acceptors (Lipinski definition) is 5. The molecule has 2 rings (SSSR count). The van der Waals surface area contributed by atoms with Crippen LogP contribution in [0.25, 0.3) is 10.2 Å². The van der Waals surface area contributed by atoms with Gasteiger partial charge in [0, 0.05) is 4.88 Å². The second-order valence-electron chi connectivity index (χ2n) is 3.42. The molecule has 0 saturated carbocycles. The number of hydrogen-bond donors (Lipinski definition) is 1. The van der Waals surface area contributed by atoms with Gasteiger partial charge in [-0.3, -0.25) is 4.79 Å². The molecule has 0 spiro atoms. The van der Waals surface area contributed by atoms with E-state index in [9.17, 15) is 9.59 Å². The zero-order chi connectivity index (χ0) is 12.4. The molecule has 0 aromatic carbocycles. The zero-order valence-electron chi connectivity index (χ0n) is 9.57. The van der Waals surface area contributed by atoms with Crippen LogP contribution in [0.1, 0.15) is 29.3 Å². The van der Waals surface area contributed by atoms with E-state index in [0.717, 1.165) is 11.3 Å². The van der Waals surface area contributed by atoms with Gasteiger partial charge in [-0.15, -0.1) is 11.3 Å². The molecule has 0 aliphatic carbocycles. The summed E-state index contributed by atoms with van der Waals surface area (Å²) in [5.74, 6) is -0.633. The number of aromatic amines is 1. The van der Waals surface area contributed by atoms with E-state index >= 15 is 0 Å². The number of rotatable bonds is 3. The number of thiophene rings is 1. The molecule has 90 valence electrons. The Morgan fingerprint density at radius 1 is 1.53 bits per heavy atom. The normalized spacial score (nSPS) is 10.7. The third kappa shape index (κ3) is 2.21. The number of carbonyl (C=O) groups excluding carboxylic acids is 1. The quantitative estimate of drug-likeness (QED) is 0.844. The molecular formula is C11H12N2O3S. The van der Waals surface area contributed by atoms with Gasteiger partial charge in [-0.05, 0) is 19.4 Å². The van der Waals surface area contributed by atoms with Crippen LogP contribution in [0.5, 0.6) is 0 Å². The van der Waals surface area contributed by atoms with Gasteiger partial charge >= 0.3 is 5.97 Å². The predicted octanol–water partition coefficient (Wildman–Crippen LogP) is 1.72. The number of H-pyrrole nitrogens is 1. The van der Waals surface area contributed by atoms with Gasteiger partial charge in [0.05, 0.1) is 12.0 Å². The van der Waals surface area contributed by atoms with E-state index in [1.54, 1.807) is 13.0 Å². The van der Waals surface area contributed by atoms with Crippen molar-refractivity contribution in [2.75, 3.05) is 6.61 Å². The second kappa shape index (κ2) is 4.67. The molecule has 2 heterocycles. The lowest BCUT2D eigenvalue weighted by atomic mass is 10.3. The Hall–Kier alpha value is -1.69. The maximum absolute atomic E-state index is 11.7.